The van der Waals surface area contributed by atoms with Crippen molar-refractivity contribution in [3.63, 3.8) is 0 Å². The van der Waals surface area contributed by atoms with Crippen LogP contribution in [0.1, 0.15) is 67.1 Å². The average molecular weight is 476 g/mol. The van der Waals surface area contributed by atoms with Gasteiger partial charge in [-0.05, 0) is 56.2 Å². The number of carboxylic acid groups (broad SMARTS) is 1. The van der Waals surface area contributed by atoms with E-state index in [1.54, 1.807) is 4.90 Å². The number of amides is 1. The van der Waals surface area contributed by atoms with Gasteiger partial charge in [-0.25, -0.2) is 9.78 Å². The molecule has 1 saturated carbocycles. The first-order valence-electron chi connectivity index (χ1n) is 12.6. The van der Waals surface area contributed by atoms with E-state index in [2.05, 4.69) is 47.9 Å². The summed E-state index contributed by atoms with van der Waals surface area (Å²) in [5, 5.41) is 9.70. The molecule has 1 amide bonds. The molecule has 2 heterocycles. The Morgan fingerprint density at radius 3 is 2.71 bits per heavy atom. The molecule has 2 aliphatic rings. The highest BCUT2D eigenvalue weighted by molar-refractivity contribution is 5.82. The highest BCUT2D eigenvalue weighted by Crippen LogP contribution is 2.40. The zero-order chi connectivity index (χ0) is 24.5. The maximum atomic E-state index is 12.3. The number of nitrogens with zero attached hydrogens (tertiary/aromatic N) is 3. The third-order valence-corrected chi connectivity index (χ3v) is 7.73. The molecule has 0 bridgehead atoms. The van der Waals surface area contributed by atoms with Gasteiger partial charge in [-0.15, -0.1) is 0 Å². The Labute approximate surface area is 205 Å². The van der Waals surface area contributed by atoms with Crippen LogP contribution in [-0.4, -0.2) is 45.3 Å². The molecule has 5 rings (SSSR count). The first-order valence-corrected chi connectivity index (χ1v) is 12.6. The molecule has 0 radical (unpaired) electrons. The predicted molar refractivity (Wildman–Crippen MR) is 133 cm³/mol. The van der Waals surface area contributed by atoms with Crippen LogP contribution >= 0.6 is 0 Å². The Morgan fingerprint density at radius 2 is 1.97 bits per heavy atom. The van der Waals surface area contributed by atoms with Gasteiger partial charge >= 0.3 is 12.1 Å². The van der Waals surface area contributed by atoms with Crippen molar-refractivity contribution in [2.75, 3.05) is 13.7 Å². The quantitative estimate of drug-likeness (QED) is 0.540. The molecule has 1 aliphatic heterocycles. The van der Waals surface area contributed by atoms with Gasteiger partial charge in [0.1, 0.15) is 5.82 Å². The van der Waals surface area contributed by atoms with Crippen molar-refractivity contribution in [1.82, 2.24) is 14.5 Å². The fourth-order valence-electron chi connectivity index (χ4n) is 5.94. The van der Waals surface area contributed by atoms with Gasteiger partial charge in [0, 0.05) is 24.1 Å². The molecule has 0 spiro atoms. The monoisotopic (exact) mass is 475 g/mol. The van der Waals surface area contributed by atoms with Crippen LogP contribution in [0.5, 0.6) is 0 Å². The molecule has 2 aromatic carbocycles. The van der Waals surface area contributed by atoms with E-state index in [1.165, 1.54) is 18.2 Å². The van der Waals surface area contributed by atoms with E-state index < -0.39 is 5.97 Å². The molecule has 1 N–H and O–H groups in total. The second-order valence-electron chi connectivity index (χ2n) is 9.99. The highest BCUT2D eigenvalue weighted by atomic mass is 16.5. The van der Waals surface area contributed by atoms with Crippen molar-refractivity contribution in [2.45, 2.75) is 64.0 Å². The SMILES string of the molecule is COC(=O)N1CCc2ccc3c(nc(C4CCC[C@@H](C(=O)O)C4)n3[C@H](C)Cc3ccccc3)c2C1. The van der Waals surface area contributed by atoms with E-state index in [0.717, 1.165) is 54.5 Å². The second kappa shape index (κ2) is 9.72. The highest BCUT2D eigenvalue weighted by Gasteiger charge is 2.33. The van der Waals surface area contributed by atoms with Gasteiger partial charge < -0.3 is 19.3 Å². The molecule has 7 heteroatoms. The smallest absolute Gasteiger partial charge is 0.409 e. The molecule has 1 aliphatic carbocycles. The Balaban J connectivity index is 1.60. The number of rotatable bonds is 5. The van der Waals surface area contributed by atoms with Crippen LogP contribution in [0, 0.1) is 5.92 Å². The fourth-order valence-corrected chi connectivity index (χ4v) is 5.94. The molecule has 1 fully saturated rings. The lowest BCUT2D eigenvalue weighted by Crippen LogP contribution is -2.35. The number of carbonyl (C=O) groups is 2. The van der Waals surface area contributed by atoms with Crippen molar-refractivity contribution in [2.24, 2.45) is 5.92 Å². The summed E-state index contributed by atoms with van der Waals surface area (Å²) < 4.78 is 7.33. The van der Waals surface area contributed by atoms with E-state index in [9.17, 15) is 14.7 Å². The summed E-state index contributed by atoms with van der Waals surface area (Å²) in [7, 11) is 1.42. The number of hydrogen-bond acceptors (Lipinski definition) is 4. The lowest BCUT2D eigenvalue weighted by Gasteiger charge is -2.28. The summed E-state index contributed by atoms with van der Waals surface area (Å²) in [5.41, 5.74) is 5.55. The Morgan fingerprint density at radius 1 is 1.17 bits per heavy atom. The summed E-state index contributed by atoms with van der Waals surface area (Å²) in [4.78, 5) is 31.0. The maximum absolute atomic E-state index is 12.3. The van der Waals surface area contributed by atoms with Crippen molar-refractivity contribution in [1.29, 1.82) is 0 Å². The number of ether oxygens (including phenoxy) is 1. The van der Waals surface area contributed by atoms with Crippen molar-refractivity contribution in [3.8, 4) is 0 Å². The summed E-state index contributed by atoms with van der Waals surface area (Å²) in [6.45, 7) is 3.33. The van der Waals surface area contributed by atoms with E-state index in [0.29, 0.717) is 19.5 Å². The summed E-state index contributed by atoms with van der Waals surface area (Å²) in [6.07, 6.45) is 4.50. The van der Waals surface area contributed by atoms with Crippen LogP contribution in [0.25, 0.3) is 11.0 Å². The van der Waals surface area contributed by atoms with Gasteiger partial charge in [-0.3, -0.25) is 4.79 Å². The van der Waals surface area contributed by atoms with Gasteiger partial charge in [0.05, 0.1) is 30.6 Å². The van der Waals surface area contributed by atoms with Gasteiger partial charge in [0.25, 0.3) is 0 Å². The number of methoxy groups -OCH3 is 1. The van der Waals surface area contributed by atoms with Crippen molar-refractivity contribution in [3.05, 3.63) is 65.0 Å². The first kappa shape index (κ1) is 23.4. The second-order valence-corrected chi connectivity index (χ2v) is 9.99. The van der Waals surface area contributed by atoms with Crippen LogP contribution in [0.3, 0.4) is 0 Å². The van der Waals surface area contributed by atoms with E-state index in [-0.39, 0.29) is 24.0 Å². The standard InChI is InChI=1S/C28H33N3O4/c1-18(15-19-7-4-3-5-8-19)31-24-12-11-20-13-14-30(28(34)35-2)17-23(20)25(24)29-26(31)21-9-6-10-22(16-21)27(32)33/h3-5,7-8,11-12,18,21-22H,6,9-10,13-17H2,1-2H3,(H,32,33)/t18-,21?,22-/m1/s1. The van der Waals surface area contributed by atoms with Crippen LogP contribution in [0.15, 0.2) is 42.5 Å². The van der Waals surface area contributed by atoms with E-state index in [4.69, 9.17) is 9.72 Å². The Hall–Kier alpha value is -3.35. The molecule has 1 aromatic heterocycles. The lowest BCUT2D eigenvalue weighted by molar-refractivity contribution is -0.143. The number of hydrogen-bond donors (Lipinski definition) is 1. The number of aliphatic carboxylic acids is 1. The largest absolute Gasteiger partial charge is 0.481 e. The molecular formula is C28H33N3O4. The van der Waals surface area contributed by atoms with Gasteiger partial charge in [-0.2, -0.15) is 0 Å². The van der Waals surface area contributed by atoms with Crippen LogP contribution in [-0.2, 0) is 28.9 Å². The number of carboxylic acids is 1. The average Bonchev–Trinajstić information content (AvgIpc) is 3.29. The zero-order valence-corrected chi connectivity index (χ0v) is 20.4. The van der Waals surface area contributed by atoms with E-state index >= 15 is 0 Å². The number of carbonyl (C=O) groups excluding carboxylic acids is 1. The third-order valence-electron chi connectivity index (χ3n) is 7.73. The normalized spacial score (nSPS) is 20.9. The molecule has 184 valence electrons. The van der Waals surface area contributed by atoms with Gasteiger partial charge in [0.15, 0.2) is 0 Å². The van der Waals surface area contributed by atoms with E-state index in [1.807, 2.05) is 6.07 Å². The molecule has 3 aromatic rings. The Kier molecular flexibility index (Phi) is 6.50. The number of aromatic nitrogens is 2. The summed E-state index contributed by atoms with van der Waals surface area (Å²) >= 11 is 0. The molecule has 35 heavy (non-hydrogen) atoms. The molecule has 1 unspecified atom stereocenters. The number of fused-ring (bicyclic) bond motifs is 3. The summed E-state index contributed by atoms with van der Waals surface area (Å²) in [6, 6.07) is 14.9. The number of imidazole rings is 1. The minimum absolute atomic E-state index is 0.103. The topological polar surface area (TPSA) is 84.7 Å². The van der Waals surface area contributed by atoms with Crippen LogP contribution in [0.4, 0.5) is 4.79 Å². The van der Waals surface area contributed by atoms with Gasteiger partial charge in [0.2, 0.25) is 0 Å². The maximum Gasteiger partial charge on any atom is 0.409 e. The minimum Gasteiger partial charge on any atom is -0.481 e. The van der Waals surface area contributed by atoms with Crippen LogP contribution in [0.2, 0.25) is 0 Å². The lowest BCUT2D eigenvalue weighted by atomic mass is 9.81. The fraction of sp³-hybridized carbons (Fsp3) is 0.464. The predicted octanol–water partition coefficient (Wildman–Crippen LogP) is 5.32. The van der Waals surface area contributed by atoms with Crippen LogP contribution < -0.4 is 0 Å². The number of benzene rings is 2. The molecule has 3 atom stereocenters. The zero-order valence-electron chi connectivity index (χ0n) is 20.4. The Bertz CT molecular complexity index is 1240. The molecule has 7 nitrogen and oxygen atoms in total. The van der Waals surface area contributed by atoms with Crippen molar-refractivity contribution >= 4 is 23.1 Å². The third kappa shape index (κ3) is 4.51. The van der Waals surface area contributed by atoms with Gasteiger partial charge in [-0.1, -0.05) is 42.8 Å². The van der Waals surface area contributed by atoms with Crippen molar-refractivity contribution < 1.29 is 19.4 Å². The molecule has 0 saturated heterocycles. The molecular weight excluding hydrogens is 442 g/mol. The summed E-state index contributed by atoms with van der Waals surface area (Å²) in [5.74, 6) is 0.0559. The first-order chi connectivity index (χ1) is 17.0. The minimum atomic E-state index is -0.708.